The maximum absolute atomic E-state index is 11.1. The van der Waals surface area contributed by atoms with E-state index in [0.717, 1.165) is 16.4 Å². The molecule has 2 aromatic carbocycles. The Morgan fingerprint density at radius 3 is 2.05 bits per heavy atom. The lowest BCUT2D eigenvalue weighted by molar-refractivity contribution is 0.607. The number of nitrogens with one attached hydrogen (secondary N) is 2. The maximum Gasteiger partial charge on any atom is 0.229 e. The number of halogens is 1. The van der Waals surface area contributed by atoms with Gasteiger partial charge in [-0.2, -0.15) is 0 Å². The second-order valence-electron chi connectivity index (χ2n) is 4.43. The Kier molecular flexibility index (Phi) is 4.67. The topological polar surface area (TPSA) is 58.2 Å². The van der Waals surface area contributed by atoms with Crippen molar-refractivity contribution in [3.8, 4) is 0 Å². The molecule has 4 nitrogen and oxygen atoms in total. The summed E-state index contributed by atoms with van der Waals surface area (Å²) < 4.78 is 25.7. The minimum Gasteiger partial charge on any atom is -0.381 e. The van der Waals surface area contributed by atoms with Gasteiger partial charge in [0.25, 0.3) is 0 Å². The lowest BCUT2D eigenvalue weighted by Crippen LogP contribution is -2.09. The van der Waals surface area contributed by atoms with Gasteiger partial charge in [-0.3, -0.25) is 4.72 Å². The van der Waals surface area contributed by atoms with E-state index in [1.807, 2.05) is 36.4 Å². The summed E-state index contributed by atoms with van der Waals surface area (Å²) in [5.74, 6) is 0. The molecule has 6 heteroatoms. The zero-order valence-electron chi connectivity index (χ0n) is 10.9. The van der Waals surface area contributed by atoms with Crippen molar-refractivity contribution < 1.29 is 8.42 Å². The first-order chi connectivity index (χ1) is 9.42. The molecule has 0 saturated heterocycles. The second-order valence-corrected chi connectivity index (χ2v) is 7.10. The molecule has 106 valence electrons. The first kappa shape index (κ1) is 14.9. The smallest absolute Gasteiger partial charge is 0.229 e. The van der Waals surface area contributed by atoms with Crippen LogP contribution in [0.3, 0.4) is 0 Å². The summed E-state index contributed by atoms with van der Waals surface area (Å²) >= 11 is 3.40. The van der Waals surface area contributed by atoms with Gasteiger partial charge < -0.3 is 5.32 Å². The summed E-state index contributed by atoms with van der Waals surface area (Å²) in [6.45, 7) is 0.714. The van der Waals surface area contributed by atoms with Crippen LogP contribution in [0.1, 0.15) is 5.56 Å². The highest BCUT2D eigenvalue weighted by molar-refractivity contribution is 9.10. The molecule has 2 aromatic rings. The van der Waals surface area contributed by atoms with Crippen LogP contribution in [0, 0.1) is 0 Å². The molecular weight excluding hydrogens is 340 g/mol. The fraction of sp³-hybridized carbons (Fsp3) is 0.143. The first-order valence-corrected chi connectivity index (χ1v) is 8.67. The van der Waals surface area contributed by atoms with E-state index in [9.17, 15) is 8.42 Å². The van der Waals surface area contributed by atoms with E-state index in [-0.39, 0.29) is 0 Å². The summed E-state index contributed by atoms with van der Waals surface area (Å²) in [4.78, 5) is 0. The summed E-state index contributed by atoms with van der Waals surface area (Å²) in [6, 6.07) is 15.2. The number of hydrogen-bond donors (Lipinski definition) is 2. The maximum atomic E-state index is 11.1. The van der Waals surface area contributed by atoms with Crippen LogP contribution in [0.25, 0.3) is 0 Å². The third-order valence-corrected chi connectivity index (χ3v) is 3.73. The summed E-state index contributed by atoms with van der Waals surface area (Å²) in [5.41, 5.74) is 2.67. The molecule has 0 heterocycles. The Bertz CT molecular complexity index is 667. The van der Waals surface area contributed by atoms with Crippen LogP contribution in [0.5, 0.6) is 0 Å². The highest BCUT2D eigenvalue weighted by atomic mass is 79.9. The summed E-state index contributed by atoms with van der Waals surface area (Å²) in [6.07, 6.45) is 1.13. The minimum atomic E-state index is -3.22. The average molecular weight is 355 g/mol. The Labute approximate surface area is 127 Å². The van der Waals surface area contributed by atoms with Crippen molar-refractivity contribution in [2.24, 2.45) is 0 Å². The zero-order valence-corrected chi connectivity index (χ0v) is 13.3. The van der Waals surface area contributed by atoms with E-state index in [1.54, 1.807) is 12.1 Å². The quantitative estimate of drug-likeness (QED) is 0.864. The molecule has 0 spiro atoms. The van der Waals surface area contributed by atoms with Crippen LogP contribution in [0.4, 0.5) is 11.4 Å². The predicted octanol–water partition coefficient (Wildman–Crippen LogP) is 3.43. The van der Waals surface area contributed by atoms with Crippen molar-refractivity contribution in [1.29, 1.82) is 0 Å². The lowest BCUT2D eigenvalue weighted by Gasteiger charge is -2.08. The van der Waals surface area contributed by atoms with Crippen molar-refractivity contribution in [1.82, 2.24) is 0 Å². The van der Waals surface area contributed by atoms with Gasteiger partial charge in [-0.05, 0) is 42.0 Å². The molecule has 0 aliphatic carbocycles. The SMILES string of the molecule is CS(=O)(=O)Nc1ccc(NCc2ccc(Br)cc2)cc1. The fourth-order valence-electron chi connectivity index (χ4n) is 1.68. The number of rotatable bonds is 5. The van der Waals surface area contributed by atoms with Gasteiger partial charge in [-0.1, -0.05) is 28.1 Å². The number of anilines is 2. The van der Waals surface area contributed by atoms with Crippen LogP contribution >= 0.6 is 15.9 Å². The van der Waals surface area contributed by atoms with Crippen molar-refractivity contribution in [2.45, 2.75) is 6.54 Å². The molecule has 0 bridgehead atoms. The monoisotopic (exact) mass is 354 g/mol. The van der Waals surface area contributed by atoms with Gasteiger partial charge in [-0.15, -0.1) is 0 Å². The van der Waals surface area contributed by atoms with Gasteiger partial charge in [0.2, 0.25) is 10.0 Å². The normalized spacial score (nSPS) is 11.1. The Hall–Kier alpha value is -1.53. The minimum absolute atomic E-state index is 0.557. The fourth-order valence-corrected chi connectivity index (χ4v) is 2.51. The molecule has 0 aromatic heterocycles. The molecular formula is C14H15BrN2O2S. The molecule has 2 N–H and O–H groups in total. The van der Waals surface area contributed by atoms with E-state index in [1.165, 1.54) is 5.56 Å². The first-order valence-electron chi connectivity index (χ1n) is 5.98. The third kappa shape index (κ3) is 4.86. The molecule has 0 aliphatic rings. The molecule has 20 heavy (non-hydrogen) atoms. The van der Waals surface area contributed by atoms with Crippen LogP contribution in [0.2, 0.25) is 0 Å². The highest BCUT2D eigenvalue weighted by Crippen LogP contribution is 2.16. The summed E-state index contributed by atoms with van der Waals surface area (Å²) in [5, 5.41) is 3.28. The van der Waals surface area contributed by atoms with E-state index >= 15 is 0 Å². The van der Waals surface area contributed by atoms with Gasteiger partial charge >= 0.3 is 0 Å². The van der Waals surface area contributed by atoms with Gasteiger partial charge in [0.05, 0.1) is 6.26 Å². The molecule has 0 atom stereocenters. The molecule has 0 aliphatic heterocycles. The zero-order chi connectivity index (χ0) is 14.6. The second kappa shape index (κ2) is 6.28. The molecule has 0 fully saturated rings. The number of benzene rings is 2. The van der Waals surface area contributed by atoms with Crippen LogP contribution in [-0.2, 0) is 16.6 Å². The lowest BCUT2D eigenvalue weighted by atomic mass is 10.2. The molecule has 0 saturated carbocycles. The van der Waals surface area contributed by atoms with Crippen molar-refractivity contribution in [3.63, 3.8) is 0 Å². The van der Waals surface area contributed by atoms with Crippen molar-refractivity contribution >= 4 is 37.3 Å². The van der Waals surface area contributed by atoms with Gasteiger partial charge in [0.15, 0.2) is 0 Å². The van der Waals surface area contributed by atoms with Crippen LogP contribution in [-0.4, -0.2) is 14.7 Å². The largest absolute Gasteiger partial charge is 0.381 e. The molecule has 0 amide bonds. The Morgan fingerprint density at radius 1 is 0.950 bits per heavy atom. The van der Waals surface area contributed by atoms with Crippen molar-refractivity contribution in [3.05, 3.63) is 58.6 Å². The van der Waals surface area contributed by atoms with Crippen LogP contribution in [0.15, 0.2) is 53.0 Å². The molecule has 0 unspecified atom stereocenters. The van der Waals surface area contributed by atoms with E-state index < -0.39 is 10.0 Å². The number of sulfonamides is 1. The Morgan fingerprint density at radius 2 is 1.50 bits per heavy atom. The highest BCUT2D eigenvalue weighted by Gasteiger charge is 2.01. The average Bonchev–Trinajstić information content (AvgIpc) is 2.38. The van der Waals surface area contributed by atoms with Gasteiger partial charge in [0, 0.05) is 22.4 Å². The van der Waals surface area contributed by atoms with E-state index in [4.69, 9.17) is 0 Å². The van der Waals surface area contributed by atoms with E-state index in [0.29, 0.717) is 12.2 Å². The molecule has 2 rings (SSSR count). The predicted molar refractivity (Wildman–Crippen MR) is 86.4 cm³/mol. The van der Waals surface area contributed by atoms with Crippen LogP contribution < -0.4 is 10.0 Å². The van der Waals surface area contributed by atoms with Gasteiger partial charge in [-0.25, -0.2) is 8.42 Å². The Balaban J connectivity index is 1.95. The summed E-state index contributed by atoms with van der Waals surface area (Å²) in [7, 11) is -3.22. The van der Waals surface area contributed by atoms with E-state index in [2.05, 4.69) is 26.0 Å². The third-order valence-electron chi connectivity index (χ3n) is 2.60. The van der Waals surface area contributed by atoms with Gasteiger partial charge in [0.1, 0.15) is 0 Å². The standard InChI is InChI=1S/C14H15BrN2O2S/c1-20(18,19)17-14-8-6-13(7-9-14)16-10-11-2-4-12(15)5-3-11/h2-9,16-17H,10H2,1H3. The molecule has 0 radical (unpaired) electrons. The number of hydrogen-bond acceptors (Lipinski definition) is 3. The van der Waals surface area contributed by atoms with Crippen molar-refractivity contribution in [2.75, 3.05) is 16.3 Å².